The molecule has 4 rings (SSSR count). The number of aliphatic hydroxyl groups is 1. The number of fused-ring (bicyclic) bond motifs is 2. The lowest BCUT2D eigenvalue weighted by Crippen LogP contribution is -2.35. The van der Waals surface area contributed by atoms with Crippen LogP contribution < -0.4 is 0 Å². The summed E-state index contributed by atoms with van der Waals surface area (Å²) >= 11 is 0. The van der Waals surface area contributed by atoms with Crippen molar-refractivity contribution in [2.24, 2.45) is 0 Å². The van der Waals surface area contributed by atoms with Crippen LogP contribution in [0.5, 0.6) is 0 Å². The van der Waals surface area contributed by atoms with Crippen molar-refractivity contribution in [3.8, 4) is 11.1 Å². The molecule has 1 N–H and O–H groups in total. The summed E-state index contributed by atoms with van der Waals surface area (Å²) in [6.45, 7) is 12.1. The molecule has 0 heterocycles. The van der Waals surface area contributed by atoms with Crippen molar-refractivity contribution in [2.45, 2.75) is 77.7 Å². The van der Waals surface area contributed by atoms with E-state index in [1.165, 1.54) is 34.7 Å². The van der Waals surface area contributed by atoms with Crippen molar-refractivity contribution in [1.29, 1.82) is 0 Å². The van der Waals surface area contributed by atoms with Gasteiger partial charge in [-0.2, -0.15) is 0 Å². The van der Waals surface area contributed by atoms with E-state index in [0.29, 0.717) is 0 Å². The average Bonchev–Trinajstić information content (AvgIpc) is 2.70. The fraction of sp³-hybridized carbons (Fsp3) is 0.429. The van der Waals surface area contributed by atoms with Crippen molar-refractivity contribution < 1.29 is 5.11 Å². The van der Waals surface area contributed by atoms with Gasteiger partial charge in [0, 0.05) is 0 Å². The summed E-state index contributed by atoms with van der Waals surface area (Å²) in [6.07, 6.45) is 4.78. The zero-order valence-electron chi connectivity index (χ0n) is 18.6. The number of rotatable bonds is 4. The van der Waals surface area contributed by atoms with E-state index in [2.05, 4.69) is 77.1 Å². The molecular formula is C28H34O. The second kappa shape index (κ2) is 7.29. The lowest BCUT2D eigenvalue weighted by atomic mass is 9.61. The minimum atomic E-state index is 0.0913. The molecule has 0 fully saturated rings. The molecule has 0 atom stereocenters. The summed E-state index contributed by atoms with van der Waals surface area (Å²) in [4.78, 5) is 0. The third-order valence-corrected chi connectivity index (χ3v) is 6.99. The molecule has 0 aliphatic heterocycles. The predicted octanol–water partition coefficient (Wildman–Crippen LogP) is 7.30. The Labute approximate surface area is 175 Å². The first-order chi connectivity index (χ1) is 13.8. The molecule has 3 aromatic rings. The molecule has 29 heavy (non-hydrogen) atoms. The molecule has 0 saturated heterocycles. The fourth-order valence-corrected chi connectivity index (χ4v) is 5.21. The summed E-state index contributed by atoms with van der Waals surface area (Å²) in [5.41, 5.74) is 8.83. The Balaban J connectivity index is 1.94. The lowest BCUT2D eigenvalue weighted by molar-refractivity contribution is 0.282. The van der Waals surface area contributed by atoms with Gasteiger partial charge in [0.1, 0.15) is 0 Å². The van der Waals surface area contributed by atoms with Crippen LogP contribution in [0.3, 0.4) is 0 Å². The summed E-state index contributed by atoms with van der Waals surface area (Å²) in [6, 6.07) is 17.8. The van der Waals surface area contributed by atoms with Crippen LogP contribution in [-0.4, -0.2) is 5.11 Å². The quantitative estimate of drug-likeness (QED) is 0.499. The van der Waals surface area contributed by atoms with Crippen LogP contribution in [0.4, 0.5) is 0 Å². The Hall–Kier alpha value is -2.12. The van der Waals surface area contributed by atoms with Gasteiger partial charge < -0.3 is 5.11 Å². The van der Waals surface area contributed by atoms with Crippen molar-refractivity contribution in [3.05, 3.63) is 70.8 Å². The summed E-state index contributed by atoms with van der Waals surface area (Å²) in [5, 5.41) is 11.9. The minimum absolute atomic E-state index is 0.0913. The number of aliphatic hydroxyl groups excluding tert-OH is 1. The maximum atomic E-state index is 9.43. The third kappa shape index (κ3) is 3.51. The molecule has 0 bridgehead atoms. The van der Waals surface area contributed by atoms with Gasteiger partial charge in [0.2, 0.25) is 0 Å². The average molecular weight is 387 g/mol. The molecule has 0 saturated carbocycles. The summed E-state index contributed by atoms with van der Waals surface area (Å²) in [5.74, 6) is 0. The van der Waals surface area contributed by atoms with E-state index in [1.807, 2.05) is 6.07 Å². The van der Waals surface area contributed by atoms with Gasteiger partial charge in [-0.15, -0.1) is 0 Å². The van der Waals surface area contributed by atoms with Crippen LogP contribution in [0.1, 0.15) is 76.1 Å². The molecule has 0 aromatic heterocycles. The van der Waals surface area contributed by atoms with Gasteiger partial charge in [-0.05, 0) is 86.4 Å². The molecule has 1 aliphatic carbocycles. The normalized spacial score (nSPS) is 17.3. The van der Waals surface area contributed by atoms with Gasteiger partial charge in [0.15, 0.2) is 0 Å². The smallest absolute Gasteiger partial charge is 0.0682 e. The topological polar surface area (TPSA) is 20.2 Å². The molecule has 1 aliphatic rings. The first-order valence-corrected chi connectivity index (χ1v) is 11.1. The Morgan fingerprint density at radius 2 is 1.52 bits per heavy atom. The number of hydrogen-bond acceptors (Lipinski definition) is 1. The molecule has 3 aromatic carbocycles. The third-order valence-electron chi connectivity index (χ3n) is 6.99. The van der Waals surface area contributed by atoms with E-state index in [9.17, 15) is 5.11 Å². The standard InChI is InChI=1S/C28H34O/c1-6-7-24-23(12-13-25-26(24)28(4,5)15-14-27(25,2)3)22-11-10-20-16-19(18-29)8-9-21(20)17-22/h8-13,16-17,29H,6-7,14-15,18H2,1-5H3. The summed E-state index contributed by atoms with van der Waals surface area (Å²) in [7, 11) is 0. The molecular weight excluding hydrogens is 352 g/mol. The van der Waals surface area contributed by atoms with Gasteiger partial charge in [-0.3, -0.25) is 0 Å². The summed E-state index contributed by atoms with van der Waals surface area (Å²) < 4.78 is 0. The van der Waals surface area contributed by atoms with Gasteiger partial charge in [0.05, 0.1) is 6.61 Å². The van der Waals surface area contributed by atoms with Gasteiger partial charge in [-0.25, -0.2) is 0 Å². The SMILES string of the molecule is CCCc1c(-c2ccc3cc(CO)ccc3c2)ccc2c1C(C)(C)CCC2(C)C. The van der Waals surface area contributed by atoms with Crippen molar-refractivity contribution in [2.75, 3.05) is 0 Å². The first kappa shape index (κ1) is 20.2. The highest BCUT2D eigenvalue weighted by atomic mass is 16.3. The fourth-order valence-electron chi connectivity index (χ4n) is 5.21. The molecule has 1 heteroatoms. The van der Waals surface area contributed by atoms with Crippen LogP contribution in [0.15, 0.2) is 48.5 Å². The van der Waals surface area contributed by atoms with Crippen LogP contribution in [0, 0.1) is 0 Å². The second-order valence-corrected chi connectivity index (χ2v) is 10.1. The first-order valence-electron chi connectivity index (χ1n) is 11.1. The predicted molar refractivity (Wildman–Crippen MR) is 125 cm³/mol. The molecule has 152 valence electrons. The highest BCUT2D eigenvalue weighted by Crippen LogP contribution is 2.49. The van der Waals surface area contributed by atoms with E-state index in [4.69, 9.17) is 0 Å². The lowest BCUT2D eigenvalue weighted by Gasteiger charge is -2.43. The second-order valence-electron chi connectivity index (χ2n) is 10.1. The molecule has 1 nitrogen and oxygen atoms in total. The van der Waals surface area contributed by atoms with Crippen molar-refractivity contribution in [1.82, 2.24) is 0 Å². The van der Waals surface area contributed by atoms with Crippen molar-refractivity contribution in [3.63, 3.8) is 0 Å². The van der Waals surface area contributed by atoms with Crippen LogP contribution >= 0.6 is 0 Å². The highest BCUT2D eigenvalue weighted by Gasteiger charge is 2.39. The van der Waals surface area contributed by atoms with E-state index >= 15 is 0 Å². The van der Waals surface area contributed by atoms with E-state index in [1.54, 1.807) is 16.7 Å². The molecule has 0 radical (unpaired) electrons. The monoisotopic (exact) mass is 386 g/mol. The minimum Gasteiger partial charge on any atom is -0.392 e. The number of hydrogen-bond donors (Lipinski definition) is 1. The van der Waals surface area contributed by atoms with E-state index in [0.717, 1.165) is 18.4 Å². The molecule has 0 amide bonds. The van der Waals surface area contributed by atoms with Crippen LogP contribution in [0.25, 0.3) is 21.9 Å². The number of benzene rings is 3. The van der Waals surface area contributed by atoms with E-state index < -0.39 is 0 Å². The largest absolute Gasteiger partial charge is 0.392 e. The maximum Gasteiger partial charge on any atom is 0.0682 e. The Bertz CT molecular complexity index is 1060. The maximum absolute atomic E-state index is 9.43. The Morgan fingerprint density at radius 1 is 0.828 bits per heavy atom. The van der Waals surface area contributed by atoms with Crippen LogP contribution in [0.2, 0.25) is 0 Å². The molecule has 0 spiro atoms. The van der Waals surface area contributed by atoms with Gasteiger partial charge >= 0.3 is 0 Å². The highest BCUT2D eigenvalue weighted by molar-refractivity contribution is 5.88. The zero-order chi connectivity index (χ0) is 20.8. The Morgan fingerprint density at radius 3 is 2.24 bits per heavy atom. The van der Waals surface area contributed by atoms with Crippen molar-refractivity contribution >= 4 is 10.8 Å². The Kier molecular flexibility index (Phi) is 5.07. The van der Waals surface area contributed by atoms with E-state index in [-0.39, 0.29) is 17.4 Å². The van der Waals surface area contributed by atoms with Crippen LogP contribution in [-0.2, 0) is 23.9 Å². The molecule has 0 unspecified atom stereocenters. The van der Waals surface area contributed by atoms with Gasteiger partial charge in [-0.1, -0.05) is 77.4 Å². The zero-order valence-corrected chi connectivity index (χ0v) is 18.6. The van der Waals surface area contributed by atoms with Gasteiger partial charge in [0.25, 0.3) is 0 Å².